The molecular weight excluding hydrogens is 548 g/mol. The lowest BCUT2D eigenvalue weighted by Gasteiger charge is -2.23. The van der Waals surface area contributed by atoms with Crippen molar-refractivity contribution < 1.29 is 28.7 Å². The fourth-order valence-electron chi connectivity index (χ4n) is 4.29. The average molecular weight is 577 g/mol. The van der Waals surface area contributed by atoms with Gasteiger partial charge in [-0.2, -0.15) is 5.10 Å². The number of nitrogens with one attached hydrogen (secondary N) is 3. The predicted octanol–water partition coefficient (Wildman–Crippen LogP) is 4.72. The number of hydrogen-bond acceptors (Lipinski definition) is 7. The number of rotatable bonds is 8. The standard InChI is InChI=1S/C30H29ClN4O6/c1-40-26-17-19(11-16-25(26)41-30(39)20-12-14-21(31)15-13-20)18-32-35-29(38)28(37)34-24-10-6-5-9-23(24)27(36)33-22-7-3-2-4-8-22/h5-6,9-18,22H,2-4,7-8H2,1H3,(H,33,36)(H,34,37)(H,35,38)/b32-18-. The normalized spacial score (nSPS) is 13.3. The molecule has 0 spiro atoms. The molecule has 0 heterocycles. The molecule has 3 amide bonds. The minimum Gasteiger partial charge on any atom is -0.493 e. The highest BCUT2D eigenvalue weighted by atomic mass is 35.5. The van der Waals surface area contributed by atoms with Crippen molar-refractivity contribution in [3.05, 3.63) is 88.4 Å². The van der Waals surface area contributed by atoms with E-state index in [2.05, 4.69) is 21.2 Å². The van der Waals surface area contributed by atoms with E-state index in [1.54, 1.807) is 60.7 Å². The Morgan fingerprint density at radius 2 is 1.63 bits per heavy atom. The maximum atomic E-state index is 12.8. The Hall–Kier alpha value is -4.70. The minimum atomic E-state index is -1.02. The maximum Gasteiger partial charge on any atom is 0.343 e. The first-order valence-electron chi connectivity index (χ1n) is 13.0. The van der Waals surface area contributed by atoms with Crippen LogP contribution in [0.2, 0.25) is 5.02 Å². The number of carbonyl (C=O) groups excluding carboxylic acids is 4. The summed E-state index contributed by atoms with van der Waals surface area (Å²) >= 11 is 5.86. The van der Waals surface area contributed by atoms with Crippen LogP contribution in [0.25, 0.3) is 0 Å². The van der Waals surface area contributed by atoms with E-state index < -0.39 is 17.8 Å². The lowest BCUT2D eigenvalue weighted by atomic mass is 9.95. The second-order valence-electron chi connectivity index (χ2n) is 9.31. The van der Waals surface area contributed by atoms with Crippen molar-refractivity contribution in [3.8, 4) is 11.5 Å². The van der Waals surface area contributed by atoms with Gasteiger partial charge in [-0.1, -0.05) is 43.0 Å². The first kappa shape index (κ1) is 29.3. The fraction of sp³-hybridized carbons (Fsp3) is 0.233. The SMILES string of the molecule is COc1cc(/C=N\NC(=O)C(=O)Nc2ccccc2C(=O)NC2CCCCC2)ccc1OC(=O)c1ccc(Cl)cc1. The predicted molar refractivity (Wildman–Crippen MR) is 155 cm³/mol. The number of para-hydroxylation sites is 1. The molecule has 4 rings (SSSR count). The molecule has 1 aliphatic rings. The smallest absolute Gasteiger partial charge is 0.343 e. The van der Waals surface area contributed by atoms with Gasteiger partial charge in [0.25, 0.3) is 5.91 Å². The Morgan fingerprint density at radius 3 is 2.37 bits per heavy atom. The number of methoxy groups -OCH3 is 1. The number of amides is 3. The van der Waals surface area contributed by atoms with Gasteiger partial charge in [-0.15, -0.1) is 0 Å². The zero-order valence-corrected chi connectivity index (χ0v) is 23.1. The second kappa shape index (κ2) is 14.1. The summed E-state index contributed by atoms with van der Waals surface area (Å²) in [6.07, 6.45) is 6.44. The van der Waals surface area contributed by atoms with Crippen molar-refractivity contribution in [1.29, 1.82) is 0 Å². The molecule has 0 aromatic heterocycles. The Bertz CT molecular complexity index is 1450. The number of carbonyl (C=O) groups is 4. The molecule has 3 N–H and O–H groups in total. The van der Waals surface area contributed by atoms with Crippen molar-refractivity contribution in [2.45, 2.75) is 38.1 Å². The van der Waals surface area contributed by atoms with Crippen molar-refractivity contribution in [1.82, 2.24) is 10.7 Å². The molecule has 10 nitrogen and oxygen atoms in total. The van der Waals surface area contributed by atoms with Gasteiger partial charge in [0.2, 0.25) is 0 Å². The number of anilines is 1. The lowest BCUT2D eigenvalue weighted by molar-refractivity contribution is -0.136. The van der Waals surface area contributed by atoms with Crippen LogP contribution in [0, 0.1) is 0 Å². The van der Waals surface area contributed by atoms with Crippen molar-refractivity contribution in [3.63, 3.8) is 0 Å². The molecule has 41 heavy (non-hydrogen) atoms. The summed E-state index contributed by atoms with van der Waals surface area (Å²) in [6, 6.07) is 17.5. The monoisotopic (exact) mass is 576 g/mol. The number of benzene rings is 3. The van der Waals surface area contributed by atoms with Crippen LogP contribution in [-0.2, 0) is 9.59 Å². The van der Waals surface area contributed by atoms with Crippen LogP contribution in [0.5, 0.6) is 11.5 Å². The van der Waals surface area contributed by atoms with E-state index in [1.165, 1.54) is 19.4 Å². The van der Waals surface area contributed by atoms with E-state index in [-0.39, 0.29) is 34.7 Å². The van der Waals surface area contributed by atoms with Crippen LogP contribution in [0.1, 0.15) is 58.4 Å². The van der Waals surface area contributed by atoms with Crippen molar-refractivity contribution >= 4 is 47.2 Å². The van der Waals surface area contributed by atoms with Gasteiger partial charge in [-0.05, 0) is 73.0 Å². The highest BCUT2D eigenvalue weighted by Crippen LogP contribution is 2.28. The quantitative estimate of drug-likeness (QED) is 0.117. The molecule has 0 saturated heterocycles. The van der Waals surface area contributed by atoms with Crippen LogP contribution in [0.4, 0.5) is 5.69 Å². The lowest BCUT2D eigenvalue weighted by Crippen LogP contribution is -2.37. The first-order valence-corrected chi connectivity index (χ1v) is 13.4. The van der Waals surface area contributed by atoms with Gasteiger partial charge in [0, 0.05) is 11.1 Å². The van der Waals surface area contributed by atoms with Crippen LogP contribution in [0.3, 0.4) is 0 Å². The van der Waals surface area contributed by atoms with Crippen LogP contribution in [0.15, 0.2) is 71.8 Å². The molecule has 11 heteroatoms. The number of hydrogen-bond donors (Lipinski definition) is 3. The molecule has 0 aliphatic heterocycles. The fourth-order valence-corrected chi connectivity index (χ4v) is 4.42. The van der Waals surface area contributed by atoms with Gasteiger partial charge in [0.15, 0.2) is 11.5 Å². The number of nitrogens with zero attached hydrogens (tertiary/aromatic N) is 1. The Balaban J connectivity index is 1.33. The molecule has 1 fully saturated rings. The Labute approximate surface area is 242 Å². The molecule has 0 radical (unpaired) electrons. The van der Waals surface area contributed by atoms with Crippen LogP contribution >= 0.6 is 11.6 Å². The van der Waals surface area contributed by atoms with Crippen molar-refractivity contribution in [2.24, 2.45) is 5.10 Å². The molecule has 1 saturated carbocycles. The topological polar surface area (TPSA) is 135 Å². The van der Waals surface area contributed by atoms with E-state index >= 15 is 0 Å². The van der Waals surface area contributed by atoms with Crippen molar-refractivity contribution in [2.75, 3.05) is 12.4 Å². The molecular formula is C30H29ClN4O6. The number of halogens is 1. The second-order valence-corrected chi connectivity index (χ2v) is 9.75. The molecule has 212 valence electrons. The number of ether oxygens (including phenoxy) is 2. The summed E-state index contributed by atoms with van der Waals surface area (Å²) in [4.78, 5) is 50.1. The largest absolute Gasteiger partial charge is 0.493 e. The summed E-state index contributed by atoms with van der Waals surface area (Å²) in [6.45, 7) is 0. The van der Waals surface area contributed by atoms with Gasteiger partial charge < -0.3 is 20.1 Å². The maximum absolute atomic E-state index is 12.8. The third kappa shape index (κ3) is 8.15. The highest BCUT2D eigenvalue weighted by molar-refractivity contribution is 6.40. The zero-order valence-electron chi connectivity index (χ0n) is 22.3. The highest BCUT2D eigenvalue weighted by Gasteiger charge is 2.21. The summed E-state index contributed by atoms with van der Waals surface area (Å²) in [5.41, 5.74) is 3.46. The van der Waals surface area contributed by atoms with Gasteiger partial charge in [-0.3, -0.25) is 14.4 Å². The van der Waals surface area contributed by atoms with E-state index in [0.717, 1.165) is 32.1 Å². The van der Waals surface area contributed by atoms with Crippen LogP contribution < -0.4 is 25.5 Å². The van der Waals surface area contributed by atoms with Gasteiger partial charge in [0.1, 0.15) is 0 Å². The molecule has 0 atom stereocenters. The molecule has 3 aromatic rings. The minimum absolute atomic E-state index is 0.0980. The van der Waals surface area contributed by atoms with E-state index in [9.17, 15) is 19.2 Å². The summed E-state index contributed by atoms with van der Waals surface area (Å²) in [7, 11) is 1.41. The first-order chi connectivity index (χ1) is 19.8. The van der Waals surface area contributed by atoms with Crippen LogP contribution in [-0.4, -0.2) is 43.1 Å². The summed E-state index contributed by atoms with van der Waals surface area (Å²) in [5, 5.41) is 9.80. The van der Waals surface area contributed by atoms with E-state index in [0.29, 0.717) is 16.1 Å². The Kier molecular flexibility index (Phi) is 10.1. The van der Waals surface area contributed by atoms with Gasteiger partial charge in [0.05, 0.1) is 30.1 Å². The Morgan fingerprint density at radius 1 is 0.902 bits per heavy atom. The molecule has 0 bridgehead atoms. The number of hydrazone groups is 1. The molecule has 1 aliphatic carbocycles. The van der Waals surface area contributed by atoms with Gasteiger partial charge >= 0.3 is 17.8 Å². The molecule has 3 aromatic carbocycles. The van der Waals surface area contributed by atoms with E-state index in [1.807, 2.05) is 0 Å². The molecule has 0 unspecified atom stereocenters. The average Bonchev–Trinajstić information content (AvgIpc) is 2.98. The zero-order chi connectivity index (χ0) is 29.2. The summed E-state index contributed by atoms with van der Waals surface area (Å²) in [5.74, 6) is -2.47. The van der Waals surface area contributed by atoms with E-state index in [4.69, 9.17) is 21.1 Å². The van der Waals surface area contributed by atoms with Gasteiger partial charge in [-0.25, -0.2) is 10.2 Å². The number of esters is 1. The third-order valence-corrected chi connectivity index (χ3v) is 6.67. The summed E-state index contributed by atoms with van der Waals surface area (Å²) < 4.78 is 10.7. The third-order valence-electron chi connectivity index (χ3n) is 6.42.